The van der Waals surface area contributed by atoms with E-state index < -0.39 is 10.0 Å². The van der Waals surface area contributed by atoms with Crippen molar-refractivity contribution in [2.24, 2.45) is 0 Å². The third kappa shape index (κ3) is 6.36. The summed E-state index contributed by atoms with van der Waals surface area (Å²) in [7, 11) is 0.781. The van der Waals surface area contributed by atoms with Crippen molar-refractivity contribution in [3.8, 4) is 17.2 Å². The van der Waals surface area contributed by atoms with E-state index in [2.05, 4.69) is 4.72 Å². The number of nitrogens with zero attached hydrogens (tertiary/aromatic N) is 1. The summed E-state index contributed by atoms with van der Waals surface area (Å²) in [6, 6.07) is 12.0. The summed E-state index contributed by atoms with van der Waals surface area (Å²) in [6.07, 6.45) is 0.0351. The number of nitrogens with one attached hydrogen (secondary N) is 1. The number of aryl methyl sites for hydroxylation is 1. The lowest BCUT2D eigenvalue weighted by molar-refractivity contribution is -0.130. The van der Waals surface area contributed by atoms with Gasteiger partial charge in [-0.25, -0.2) is 13.1 Å². The Balaban J connectivity index is 1.82. The molecule has 0 unspecified atom stereocenters. The van der Waals surface area contributed by atoms with Crippen LogP contribution in [0.4, 0.5) is 0 Å². The Morgan fingerprint density at radius 3 is 2.40 bits per heavy atom. The molecule has 0 radical (unpaired) electrons. The minimum Gasteiger partial charge on any atom is -0.493 e. The molecule has 0 atom stereocenters. The van der Waals surface area contributed by atoms with E-state index in [4.69, 9.17) is 14.2 Å². The second-order valence-corrected chi connectivity index (χ2v) is 8.36. The molecule has 0 spiro atoms. The van der Waals surface area contributed by atoms with Gasteiger partial charge in [0.2, 0.25) is 15.9 Å². The molecule has 164 valence electrons. The molecule has 1 amide bonds. The number of sulfonamides is 1. The van der Waals surface area contributed by atoms with Gasteiger partial charge in [0.1, 0.15) is 12.4 Å². The van der Waals surface area contributed by atoms with Crippen LogP contribution in [0.2, 0.25) is 0 Å². The van der Waals surface area contributed by atoms with Crippen molar-refractivity contribution in [1.29, 1.82) is 0 Å². The molecule has 0 saturated heterocycles. The molecule has 9 heteroatoms. The second-order valence-electron chi connectivity index (χ2n) is 6.59. The van der Waals surface area contributed by atoms with Crippen LogP contribution >= 0.6 is 0 Å². The third-order valence-electron chi connectivity index (χ3n) is 4.50. The first-order chi connectivity index (χ1) is 14.3. The van der Waals surface area contributed by atoms with Gasteiger partial charge in [0, 0.05) is 26.1 Å². The molecule has 2 aromatic rings. The quantitative estimate of drug-likeness (QED) is 0.581. The monoisotopic (exact) mass is 436 g/mol. The molecule has 0 aliphatic carbocycles. The Kier molecular flexibility index (Phi) is 8.49. The fourth-order valence-electron chi connectivity index (χ4n) is 2.69. The van der Waals surface area contributed by atoms with Gasteiger partial charge in [-0.15, -0.1) is 0 Å². The molecule has 0 aliphatic rings. The second kappa shape index (κ2) is 10.8. The van der Waals surface area contributed by atoms with Crippen LogP contribution in [0.3, 0.4) is 0 Å². The lowest BCUT2D eigenvalue weighted by atomic mass is 10.2. The molecule has 8 nitrogen and oxygen atoms in total. The zero-order chi connectivity index (χ0) is 22.1. The summed E-state index contributed by atoms with van der Waals surface area (Å²) in [5.74, 6) is 1.34. The van der Waals surface area contributed by atoms with Crippen molar-refractivity contribution >= 4 is 15.9 Å². The number of ether oxygens (including phenoxy) is 3. The lowest BCUT2D eigenvalue weighted by Gasteiger charge is -2.18. The zero-order valence-electron chi connectivity index (χ0n) is 17.7. The van der Waals surface area contributed by atoms with Crippen molar-refractivity contribution in [2.75, 3.05) is 41.0 Å². The fraction of sp³-hybridized carbons (Fsp3) is 0.381. The Morgan fingerprint density at radius 2 is 1.73 bits per heavy atom. The predicted molar refractivity (Wildman–Crippen MR) is 114 cm³/mol. The molecule has 0 aliphatic heterocycles. The number of hydrogen-bond donors (Lipinski definition) is 1. The molecule has 0 aromatic heterocycles. The SMILES string of the molecule is COc1ccc(S(=O)(=O)NCCC(=O)N(C)CCOc2ccccc2C)cc1OC. The van der Waals surface area contributed by atoms with Gasteiger partial charge in [0.15, 0.2) is 11.5 Å². The molecule has 2 rings (SSSR count). The summed E-state index contributed by atoms with van der Waals surface area (Å²) in [6.45, 7) is 2.69. The van der Waals surface area contributed by atoms with Gasteiger partial charge in [-0.05, 0) is 30.7 Å². The number of methoxy groups -OCH3 is 2. The molecule has 0 saturated carbocycles. The van der Waals surface area contributed by atoms with E-state index in [1.54, 1.807) is 7.05 Å². The maximum Gasteiger partial charge on any atom is 0.240 e. The highest BCUT2D eigenvalue weighted by atomic mass is 32.2. The molecular formula is C21H28N2O6S. The average molecular weight is 437 g/mol. The number of carbonyl (C=O) groups is 1. The number of amides is 1. The van der Waals surface area contributed by atoms with Crippen LogP contribution in [0, 0.1) is 6.92 Å². The number of hydrogen-bond acceptors (Lipinski definition) is 6. The zero-order valence-corrected chi connectivity index (χ0v) is 18.5. The summed E-state index contributed by atoms with van der Waals surface area (Å²) < 4.78 is 43.3. The first-order valence-corrected chi connectivity index (χ1v) is 10.9. The number of benzene rings is 2. The number of likely N-dealkylation sites (N-methyl/N-ethyl adjacent to an activating group) is 1. The minimum absolute atomic E-state index is 0.0154. The summed E-state index contributed by atoms with van der Waals surface area (Å²) in [5.41, 5.74) is 1.02. The molecular weight excluding hydrogens is 408 g/mol. The topological polar surface area (TPSA) is 94.2 Å². The summed E-state index contributed by atoms with van der Waals surface area (Å²) in [5, 5.41) is 0. The maximum atomic E-state index is 12.5. The smallest absolute Gasteiger partial charge is 0.240 e. The van der Waals surface area contributed by atoms with E-state index in [0.29, 0.717) is 24.7 Å². The highest BCUT2D eigenvalue weighted by Gasteiger charge is 2.18. The van der Waals surface area contributed by atoms with Crippen molar-refractivity contribution in [3.05, 3.63) is 48.0 Å². The maximum absolute atomic E-state index is 12.5. The molecule has 30 heavy (non-hydrogen) atoms. The van der Waals surface area contributed by atoms with Crippen molar-refractivity contribution in [1.82, 2.24) is 9.62 Å². The van der Waals surface area contributed by atoms with E-state index in [-0.39, 0.29) is 23.8 Å². The third-order valence-corrected chi connectivity index (χ3v) is 5.96. The van der Waals surface area contributed by atoms with Gasteiger partial charge in [0.05, 0.1) is 25.7 Å². The largest absolute Gasteiger partial charge is 0.493 e. The standard InChI is InChI=1S/C21H28N2O6S/c1-16-7-5-6-8-18(16)29-14-13-23(2)21(24)11-12-22-30(25,26)17-9-10-19(27-3)20(15-17)28-4/h5-10,15,22H,11-14H2,1-4H3. The van der Waals surface area contributed by atoms with Gasteiger partial charge in [-0.1, -0.05) is 18.2 Å². The number of rotatable bonds is 11. The highest BCUT2D eigenvalue weighted by molar-refractivity contribution is 7.89. The van der Waals surface area contributed by atoms with Crippen molar-refractivity contribution in [2.45, 2.75) is 18.2 Å². The fourth-order valence-corrected chi connectivity index (χ4v) is 3.73. The molecule has 0 fully saturated rings. The first-order valence-electron chi connectivity index (χ1n) is 9.42. The number of carbonyl (C=O) groups excluding carboxylic acids is 1. The molecule has 0 heterocycles. The first kappa shape index (κ1) is 23.5. The van der Waals surface area contributed by atoms with E-state index in [1.165, 1.54) is 37.3 Å². The van der Waals surface area contributed by atoms with Gasteiger partial charge in [-0.3, -0.25) is 4.79 Å². The highest BCUT2D eigenvalue weighted by Crippen LogP contribution is 2.29. The molecule has 1 N–H and O–H groups in total. The van der Waals surface area contributed by atoms with Gasteiger partial charge in [0.25, 0.3) is 0 Å². The van der Waals surface area contributed by atoms with E-state index in [1.807, 2.05) is 31.2 Å². The molecule has 0 bridgehead atoms. The van der Waals surface area contributed by atoms with Crippen molar-refractivity contribution in [3.63, 3.8) is 0 Å². The number of para-hydroxylation sites is 1. The van der Waals surface area contributed by atoms with Crippen LogP contribution in [-0.4, -0.2) is 60.2 Å². The van der Waals surface area contributed by atoms with Gasteiger partial charge >= 0.3 is 0 Å². The Morgan fingerprint density at radius 1 is 1.03 bits per heavy atom. The van der Waals surface area contributed by atoms with Crippen LogP contribution in [0.5, 0.6) is 17.2 Å². The summed E-state index contributed by atoms with van der Waals surface area (Å²) in [4.78, 5) is 13.8. The molecule has 2 aromatic carbocycles. The van der Waals surface area contributed by atoms with Crippen molar-refractivity contribution < 1.29 is 27.4 Å². The van der Waals surface area contributed by atoms with E-state index in [9.17, 15) is 13.2 Å². The van der Waals surface area contributed by atoms with Gasteiger partial charge < -0.3 is 19.1 Å². The van der Waals surface area contributed by atoms with Gasteiger partial charge in [-0.2, -0.15) is 0 Å². The summed E-state index contributed by atoms with van der Waals surface area (Å²) >= 11 is 0. The van der Waals surface area contributed by atoms with Crippen LogP contribution in [0.1, 0.15) is 12.0 Å². The van der Waals surface area contributed by atoms with E-state index in [0.717, 1.165) is 11.3 Å². The average Bonchev–Trinajstić information content (AvgIpc) is 2.74. The van der Waals surface area contributed by atoms with Crippen LogP contribution in [0.15, 0.2) is 47.4 Å². The van der Waals surface area contributed by atoms with Crippen LogP contribution in [-0.2, 0) is 14.8 Å². The minimum atomic E-state index is -3.78. The Hall–Kier alpha value is -2.78. The Bertz CT molecular complexity index is 962. The van der Waals surface area contributed by atoms with Crippen LogP contribution < -0.4 is 18.9 Å². The predicted octanol–water partition coefficient (Wildman–Crippen LogP) is 2.22. The Labute approximate surface area is 177 Å². The lowest BCUT2D eigenvalue weighted by Crippen LogP contribution is -2.34. The van der Waals surface area contributed by atoms with E-state index >= 15 is 0 Å². The van der Waals surface area contributed by atoms with Crippen LogP contribution in [0.25, 0.3) is 0 Å². The normalized spacial score (nSPS) is 11.1.